The molecule has 2 heterocycles. The molecule has 0 fully saturated rings. The molecule has 0 aliphatic carbocycles. The Labute approximate surface area is 125 Å². The van der Waals surface area contributed by atoms with Crippen molar-refractivity contribution >= 4 is 0 Å². The molecule has 1 aliphatic rings. The van der Waals surface area contributed by atoms with E-state index in [0.29, 0.717) is 0 Å². The van der Waals surface area contributed by atoms with Crippen molar-refractivity contribution in [2.75, 3.05) is 13.2 Å². The molecule has 0 saturated carbocycles. The summed E-state index contributed by atoms with van der Waals surface area (Å²) in [6.45, 7) is 3.81. The number of hydrogen-bond donors (Lipinski definition) is 1. The van der Waals surface area contributed by atoms with Gasteiger partial charge in [0.2, 0.25) is 0 Å². The van der Waals surface area contributed by atoms with Gasteiger partial charge >= 0.3 is 0 Å². The Morgan fingerprint density at radius 3 is 2.90 bits per heavy atom. The van der Waals surface area contributed by atoms with E-state index < -0.39 is 0 Å². The van der Waals surface area contributed by atoms with E-state index in [4.69, 9.17) is 4.74 Å². The second-order valence-corrected chi connectivity index (χ2v) is 5.14. The fourth-order valence-corrected chi connectivity index (χ4v) is 2.57. The van der Waals surface area contributed by atoms with Crippen LogP contribution in [0.1, 0.15) is 31.4 Å². The number of nitrogens with zero attached hydrogens (tertiary/aromatic N) is 2. The Hall–Kier alpha value is -2.07. The average Bonchev–Trinajstić information content (AvgIpc) is 3.04. The van der Waals surface area contributed by atoms with Gasteiger partial charge in [0.1, 0.15) is 5.76 Å². The van der Waals surface area contributed by atoms with Crippen molar-refractivity contribution < 1.29 is 4.74 Å². The number of likely N-dealkylation sites (N-methyl/N-ethyl adjacent to an activating group) is 1. The first-order valence-electron chi connectivity index (χ1n) is 7.54. The molecule has 1 N–H and O–H groups in total. The van der Waals surface area contributed by atoms with E-state index in [1.54, 1.807) is 0 Å². The summed E-state index contributed by atoms with van der Waals surface area (Å²) in [6, 6.07) is 10.2. The maximum Gasteiger partial charge on any atom is 0.114 e. The van der Waals surface area contributed by atoms with E-state index in [-0.39, 0.29) is 6.04 Å². The molecule has 1 atom stereocenters. The van der Waals surface area contributed by atoms with Crippen molar-refractivity contribution in [1.82, 2.24) is 15.1 Å². The van der Waals surface area contributed by atoms with E-state index in [1.165, 1.54) is 0 Å². The molecule has 0 amide bonds. The maximum atomic E-state index is 5.82. The summed E-state index contributed by atoms with van der Waals surface area (Å²) in [5.41, 5.74) is 2.20. The predicted octanol–water partition coefficient (Wildman–Crippen LogP) is 3.22. The Bertz CT molecular complexity index is 604. The predicted molar refractivity (Wildman–Crippen MR) is 83.3 cm³/mol. The molecular formula is C17H21N3O. The largest absolute Gasteiger partial charge is 0.496 e. The monoisotopic (exact) mass is 283 g/mol. The Balaban J connectivity index is 1.87. The maximum absolute atomic E-state index is 5.82. The third kappa shape index (κ3) is 3.16. The summed E-state index contributed by atoms with van der Waals surface area (Å²) in [5.74, 6) is 1.02. The first-order valence-corrected chi connectivity index (χ1v) is 7.54. The van der Waals surface area contributed by atoms with Crippen LogP contribution in [0.5, 0.6) is 0 Å². The van der Waals surface area contributed by atoms with Gasteiger partial charge in [0.25, 0.3) is 0 Å². The van der Waals surface area contributed by atoms with Gasteiger partial charge in [-0.2, -0.15) is 5.10 Å². The van der Waals surface area contributed by atoms with Crippen molar-refractivity contribution in [3.63, 3.8) is 0 Å². The second kappa shape index (κ2) is 6.59. The first-order chi connectivity index (χ1) is 10.4. The van der Waals surface area contributed by atoms with Crippen LogP contribution in [0.2, 0.25) is 0 Å². The topological polar surface area (TPSA) is 39.1 Å². The van der Waals surface area contributed by atoms with Crippen molar-refractivity contribution in [2.24, 2.45) is 0 Å². The number of para-hydroxylation sites is 1. The lowest BCUT2D eigenvalue weighted by molar-refractivity contribution is 0.168. The lowest BCUT2D eigenvalue weighted by Crippen LogP contribution is -2.25. The van der Waals surface area contributed by atoms with Crippen LogP contribution < -0.4 is 5.32 Å². The zero-order valence-corrected chi connectivity index (χ0v) is 12.3. The van der Waals surface area contributed by atoms with Crippen LogP contribution >= 0.6 is 0 Å². The quantitative estimate of drug-likeness (QED) is 0.915. The van der Waals surface area contributed by atoms with E-state index in [0.717, 1.165) is 43.0 Å². The molecule has 1 unspecified atom stereocenters. The van der Waals surface area contributed by atoms with Gasteiger partial charge in [-0.25, -0.2) is 4.68 Å². The molecule has 0 spiro atoms. The first kappa shape index (κ1) is 13.9. The molecule has 2 aromatic rings. The summed E-state index contributed by atoms with van der Waals surface area (Å²) in [6.07, 6.45) is 8.37. The molecule has 1 aromatic carbocycles. The van der Waals surface area contributed by atoms with E-state index in [1.807, 2.05) is 29.1 Å². The molecule has 110 valence electrons. The fourth-order valence-electron chi connectivity index (χ4n) is 2.57. The van der Waals surface area contributed by atoms with Gasteiger partial charge in [0, 0.05) is 11.8 Å². The van der Waals surface area contributed by atoms with E-state index in [2.05, 4.69) is 41.7 Å². The van der Waals surface area contributed by atoms with Crippen LogP contribution in [-0.2, 0) is 4.74 Å². The highest BCUT2D eigenvalue weighted by molar-refractivity contribution is 5.32. The molecule has 0 radical (unpaired) electrons. The van der Waals surface area contributed by atoms with Crippen LogP contribution in [0.15, 0.2) is 54.6 Å². The van der Waals surface area contributed by atoms with Gasteiger partial charge in [-0.1, -0.05) is 25.1 Å². The lowest BCUT2D eigenvalue weighted by Gasteiger charge is -2.23. The van der Waals surface area contributed by atoms with Crippen LogP contribution in [0.3, 0.4) is 0 Å². The summed E-state index contributed by atoms with van der Waals surface area (Å²) in [5, 5.41) is 7.97. The second-order valence-electron chi connectivity index (χ2n) is 5.14. The number of aromatic nitrogens is 2. The van der Waals surface area contributed by atoms with E-state index >= 15 is 0 Å². The van der Waals surface area contributed by atoms with Crippen LogP contribution in [0.25, 0.3) is 5.69 Å². The zero-order chi connectivity index (χ0) is 14.5. The molecule has 0 bridgehead atoms. The molecular weight excluding hydrogens is 262 g/mol. The van der Waals surface area contributed by atoms with Gasteiger partial charge in [-0.05, 0) is 37.6 Å². The fraction of sp³-hybridized carbons (Fsp3) is 0.353. The Morgan fingerprint density at radius 1 is 1.33 bits per heavy atom. The van der Waals surface area contributed by atoms with Gasteiger partial charge in [0.05, 0.1) is 24.5 Å². The highest BCUT2D eigenvalue weighted by Crippen LogP contribution is 2.26. The molecule has 21 heavy (non-hydrogen) atoms. The van der Waals surface area contributed by atoms with Crippen molar-refractivity contribution in [2.45, 2.75) is 25.8 Å². The number of allylic oxidation sites excluding steroid dienone is 1. The minimum absolute atomic E-state index is 0.0905. The number of rotatable bonds is 5. The smallest absolute Gasteiger partial charge is 0.114 e. The average molecular weight is 283 g/mol. The van der Waals surface area contributed by atoms with Crippen molar-refractivity contribution in [3.05, 3.63) is 60.1 Å². The molecule has 4 nitrogen and oxygen atoms in total. The third-order valence-corrected chi connectivity index (χ3v) is 3.61. The van der Waals surface area contributed by atoms with Gasteiger partial charge in [0.15, 0.2) is 0 Å². The minimum Gasteiger partial charge on any atom is -0.496 e. The summed E-state index contributed by atoms with van der Waals surface area (Å²) < 4.78 is 7.73. The number of benzene rings is 1. The normalized spacial score (nSPS) is 16.1. The molecule has 1 aromatic heterocycles. The molecule has 4 heteroatoms. The number of hydrogen-bond acceptors (Lipinski definition) is 3. The number of ether oxygens (including phenoxy) is 1. The SMILES string of the molecule is CCNC(C1=CCCCO1)c1cnn(-c2ccccc2)c1. The zero-order valence-electron chi connectivity index (χ0n) is 12.3. The van der Waals surface area contributed by atoms with Crippen molar-refractivity contribution in [1.29, 1.82) is 0 Å². The standard InChI is InChI=1S/C17H21N3O/c1-2-18-17(16-10-6-7-11-21-16)14-12-19-20(13-14)15-8-4-3-5-9-15/h3-5,8-10,12-13,17-18H,2,6-7,11H2,1H3. The van der Waals surface area contributed by atoms with Gasteiger partial charge in [-0.15, -0.1) is 0 Å². The minimum atomic E-state index is 0.0905. The summed E-state index contributed by atoms with van der Waals surface area (Å²) >= 11 is 0. The molecule has 1 aliphatic heterocycles. The van der Waals surface area contributed by atoms with Crippen LogP contribution in [-0.4, -0.2) is 22.9 Å². The Kier molecular flexibility index (Phi) is 4.36. The summed E-state index contributed by atoms with van der Waals surface area (Å²) in [7, 11) is 0. The van der Waals surface area contributed by atoms with Crippen LogP contribution in [0.4, 0.5) is 0 Å². The highest BCUT2D eigenvalue weighted by atomic mass is 16.5. The third-order valence-electron chi connectivity index (χ3n) is 3.61. The van der Waals surface area contributed by atoms with E-state index in [9.17, 15) is 0 Å². The lowest BCUT2D eigenvalue weighted by atomic mass is 10.1. The van der Waals surface area contributed by atoms with Crippen LogP contribution in [0, 0.1) is 0 Å². The molecule has 3 rings (SSSR count). The van der Waals surface area contributed by atoms with Crippen molar-refractivity contribution in [3.8, 4) is 5.69 Å². The summed E-state index contributed by atoms with van der Waals surface area (Å²) in [4.78, 5) is 0. The van der Waals surface area contributed by atoms with Gasteiger partial charge in [-0.3, -0.25) is 0 Å². The molecule has 0 saturated heterocycles. The van der Waals surface area contributed by atoms with Gasteiger partial charge < -0.3 is 10.1 Å². The Morgan fingerprint density at radius 2 is 2.19 bits per heavy atom. The highest BCUT2D eigenvalue weighted by Gasteiger charge is 2.20. The number of nitrogens with one attached hydrogen (secondary N) is 1.